The fraction of sp³-hybridized carbons (Fsp3) is 0.212. The van der Waals surface area contributed by atoms with Crippen molar-refractivity contribution >= 4 is 46.3 Å². The highest BCUT2D eigenvalue weighted by Gasteiger charge is 2.24. The molecule has 0 aliphatic rings. The van der Waals surface area contributed by atoms with Gasteiger partial charge in [-0.05, 0) is 24.3 Å². The minimum atomic E-state index is -1.25. The molecule has 20 nitrogen and oxygen atoms in total. The number of rotatable bonds is 12. The fourth-order valence-corrected chi connectivity index (χ4v) is 4.63. The van der Waals surface area contributed by atoms with Gasteiger partial charge in [-0.2, -0.15) is 0 Å². The zero-order chi connectivity index (χ0) is 38.2. The Hall–Kier alpha value is -7.38. The summed E-state index contributed by atoms with van der Waals surface area (Å²) in [5.41, 5.74) is -2.12. The normalized spacial score (nSPS) is 10.7. The summed E-state index contributed by atoms with van der Waals surface area (Å²) in [7, 11) is 3.43. The molecule has 0 saturated heterocycles. The van der Waals surface area contributed by atoms with Gasteiger partial charge in [-0.25, -0.2) is 33.5 Å². The molecule has 276 valence electrons. The molecule has 0 amide bonds. The number of fused-ring (bicyclic) bond motifs is 2. The molecule has 0 atom stereocenters. The highest BCUT2D eigenvalue weighted by atomic mass is 16.7. The van der Waals surface area contributed by atoms with Crippen LogP contribution in [0.3, 0.4) is 0 Å². The van der Waals surface area contributed by atoms with Gasteiger partial charge in [0.2, 0.25) is 5.89 Å². The molecule has 5 aromatic rings. The van der Waals surface area contributed by atoms with E-state index in [1.165, 1.54) is 55.6 Å². The molecule has 1 N–H and O–H groups in total. The Morgan fingerprint density at radius 2 is 1.47 bits per heavy atom. The van der Waals surface area contributed by atoms with E-state index >= 15 is 0 Å². The molecule has 0 bridgehead atoms. The number of methoxy groups -OCH3 is 3. The average molecular weight is 739 g/mol. The van der Waals surface area contributed by atoms with Crippen LogP contribution in [-0.2, 0) is 25.5 Å². The van der Waals surface area contributed by atoms with Crippen LogP contribution in [-0.4, -0.2) is 73.6 Å². The molecule has 0 aliphatic carbocycles. The van der Waals surface area contributed by atoms with Crippen molar-refractivity contribution in [1.29, 1.82) is 0 Å². The molecular weight excluding hydrogens is 712 g/mol. The number of nitrogens with zero attached hydrogens (tertiary/aromatic N) is 2. The minimum absolute atomic E-state index is 0.0250. The number of carbonyl (C=O) groups is 4. The SMILES string of the molecule is COC(=O)Oc1cccc(-c2nc3cc(OC)c(OCCOC(=O)Oc4cccc5c(=O)n(CCC(=O)O)c(=O)oc45)cc3c(=O)o2)c1OC(=O)OC. The van der Waals surface area contributed by atoms with Crippen LogP contribution in [0.15, 0.2) is 71.7 Å². The van der Waals surface area contributed by atoms with E-state index in [1.54, 1.807) is 0 Å². The van der Waals surface area contributed by atoms with E-state index in [2.05, 4.69) is 14.5 Å². The molecule has 0 radical (unpaired) electrons. The van der Waals surface area contributed by atoms with E-state index in [-0.39, 0.29) is 68.7 Å². The van der Waals surface area contributed by atoms with E-state index in [1.807, 2.05) is 0 Å². The predicted molar refractivity (Wildman–Crippen MR) is 175 cm³/mol. The van der Waals surface area contributed by atoms with Crippen LogP contribution in [0.1, 0.15) is 6.42 Å². The van der Waals surface area contributed by atoms with Gasteiger partial charge in [-0.3, -0.25) is 9.59 Å². The van der Waals surface area contributed by atoms with Gasteiger partial charge in [0, 0.05) is 18.7 Å². The van der Waals surface area contributed by atoms with Crippen molar-refractivity contribution in [2.75, 3.05) is 34.5 Å². The molecule has 0 fully saturated rings. The largest absolute Gasteiger partial charge is 0.514 e. The average Bonchev–Trinajstić information content (AvgIpc) is 3.13. The fourth-order valence-electron chi connectivity index (χ4n) is 4.63. The Bertz CT molecular complexity index is 2410. The molecule has 0 saturated carbocycles. The summed E-state index contributed by atoms with van der Waals surface area (Å²) in [6.07, 6.45) is -4.06. The van der Waals surface area contributed by atoms with Crippen molar-refractivity contribution in [3.63, 3.8) is 0 Å². The molecule has 2 aromatic heterocycles. The van der Waals surface area contributed by atoms with Crippen molar-refractivity contribution in [3.8, 4) is 40.2 Å². The predicted octanol–water partition coefficient (Wildman–Crippen LogP) is 3.49. The highest BCUT2D eigenvalue weighted by Crippen LogP contribution is 2.39. The Kier molecular flexibility index (Phi) is 11.2. The lowest BCUT2D eigenvalue weighted by molar-refractivity contribution is -0.137. The number of hydrogen-bond acceptors (Lipinski definition) is 18. The van der Waals surface area contributed by atoms with E-state index in [4.69, 9.17) is 42.4 Å². The Morgan fingerprint density at radius 1 is 0.774 bits per heavy atom. The minimum Gasteiger partial charge on any atom is -0.493 e. The van der Waals surface area contributed by atoms with Crippen LogP contribution < -0.4 is 40.6 Å². The zero-order valence-electron chi connectivity index (χ0n) is 27.7. The molecule has 53 heavy (non-hydrogen) atoms. The van der Waals surface area contributed by atoms with Crippen LogP contribution in [0.4, 0.5) is 14.4 Å². The van der Waals surface area contributed by atoms with E-state index in [0.29, 0.717) is 4.57 Å². The van der Waals surface area contributed by atoms with Gasteiger partial charge in [0.15, 0.2) is 34.3 Å². The number of carboxylic acid groups (broad SMARTS) is 1. The summed E-state index contributed by atoms with van der Waals surface area (Å²) < 4.78 is 51.6. The lowest BCUT2D eigenvalue weighted by Crippen LogP contribution is -2.33. The summed E-state index contributed by atoms with van der Waals surface area (Å²) in [5, 5.41) is 8.66. The van der Waals surface area contributed by atoms with Gasteiger partial charge >= 0.3 is 35.8 Å². The van der Waals surface area contributed by atoms with Crippen molar-refractivity contribution < 1.29 is 71.0 Å². The summed E-state index contributed by atoms with van der Waals surface area (Å²) >= 11 is 0. The Balaban J connectivity index is 1.31. The first-order valence-corrected chi connectivity index (χ1v) is 15.0. The van der Waals surface area contributed by atoms with Crippen LogP contribution in [0.2, 0.25) is 0 Å². The third-order valence-electron chi connectivity index (χ3n) is 7.00. The monoisotopic (exact) mass is 738 g/mol. The summed E-state index contributed by atoms with van der Waals surface area (Å²) in [6.45, 7) is -1.10. The van der Waals surface area contributed by atoms with Gasteiger partial charge in [-0.1, -0.05) is 12.1 Å². The quantitative estimate of drug-likeness (QED) is 0.0831. The number of hydrogen-bond donors (Lipinski definition) is 1. The first-order chi connectivity index (χ1) is 25.4. The Labute approximate surface area is 294 Å². The van der Waals surface area contributed by atoms with Gasteiger partial charge in [-0.15, -0.1) is 0 Å². The zero-order valence-corrected chi connectivity index (χ0v) is 27.7. The van der Waals surface area contributed by atoms with Crippen LogP contribution in [0.5, 0.6) is 28.7 Å². The first-order valence-electron chi connectivity index (χ1n) is 15.0. The molecule has 0 aliphatic heterocycles. The number of para-hydroxylation sites is 2. The third kappa shape index (κ3) is 8.33. The number of aliphatic carboxylic acids is 1. The van der Waals surface area contributed by atoms with Gasteiger partial charge in [0.25, 0.3) is 5.56 Å². The van der Waals surface area contributed by atoms with Gasteiger partial charge in [0.05, 0.1) is 49.6 Å². The van der Waals surface area contributed by atoms with Gasteiger partial charge in [0.1, 0.15) is 13.2 Å². The maximum atomic E-state index is 13.1. The van der Waals surface area contributed by atoms with E-state index in [9.17, 15) is 33.6 Å². The van der Waals surface area contributed by atoms with Crippen molar-refractivity contribution in [3.05, 3.63) is 79.9 Å². The molecule has 0 spiro atoms. The molecule has 5 rings (SSSR count). The molecule has 2 heterocycles. The smallest absolute Gasteiger partial charge is 0.493 e. The standard InChI is InChI=1S/C33H26N2O18/c1-44-22-15-19-18(29(39)53-27(34-19)16-6-4-8-20(49-31(41)45-2)25(16)52-32(42)46-3)14-23(22)47-12-13-48-33(43)50-21-9-5-7-17-26(21)51-30(40)35(28(17)38)11-10-24(36)37/h4-9,14-15H,10-13H2,1-3H3,(H,36,37). The second-order valence-corrected chi connectivity index (χ2v) is 10.2. The van der Waals surface area contributed by atoms with Crippen molar-refractivity contribution in [2.24, 2.45) is 0 Å². The molecule has 20 heteroatoms. The number of ether oxygens (including phenoxy) is 8. The summed E-state index contributed by atoms with van der Waals surface area (Å²) in [6, 6.07) is 10.6. The second kappa shape index (κ2) is 16.1. The van der Waals surface area contributed by atoms with Gasteiger partial charge < -0.3 is 51.8 Å². The van der Waals surface area contributed by atoms with E-state index < -0.39 is 60.9 Å². The maximum Gasteiger partial charge on any atom is 0.514 e. The highest BCUT2D eigenvalue weighted by molar-refractivity contribution is 5.85. The number of benzene rings is 3. The van der Waals surface area contributed by atoms with Crippen molar-refractivity contribution in [2.45, 2.75) is 13.0 Å². The molecule has 0 unspecified atom stereocenters. The first kappa shape index (κ1) is 36.9. The summed E-state index contributed by atoms with van der Waals surface area (Å²) in [5.74, 6) is -3.55. The van der Waals surface area contributed by atoms with E-state index in [0.717, 1.165) is 14.2 Å². The third-order valence-corrected chi connectivity index (χ3v) is 7.00. The van der Waals surface area contributed by atoms with Crippen LogP contribution in [0, 0.1) is 0 Å². The lowest BCUT2D eigenvalue weighted by atomic mass is 10.1. The topological polar surface area (TPSA) is 258 Å². The second-order valence-electron chi connectivity index (χ2n) is 10.2. The van der Waals surface area contributed by atoms with Crippen molar-refractivity contribution in [1.82, 2.24) is 9.55 Å². The Morgan fingerprint density at radius 3 is 2.19 bits per heavy atom. The summed E-state index contributed by atoms with van der Waals surface area (Å²) in [4.78, 5) is 89.6. The number of carboxylic acids is 1. The van der Waals surface area contributed by atoms with Crippen LogP contribution in [0.25, 0.3) is 33.3 Å². The molecular formula is C33H26N2O18. The lowest BCUT2D eigenvalue weighted by Gasteiger charge is -2.14. The number of aromatic nitrogens is 2. The maximum absolute atomic E-state index is 13.1. The number of carbonyl (C=O) groups excluding carboxylic acids is 3. The molecule has 3 aromatic carbocycles. The van der Waals surface area contributed by atoms with Crippen LogP contribution >= 0.6 is 0 Å².